The predicted molar refractivity (Wildman–Crippen MR) is 77.6 cm³/mol. The second-order valence-electron chi connectivity index (χ2n) is 3.46. The number of nitrogens with zero attached hydrogens (tertiary/aromatic N) is 1. The van der Waals surface area contributed by atoms with Gasteiger partial charge in [-0.15, -0.1) is 12.4 Å². The lowest BCUT2D eigenvalue weighted by Crippen LogP contribution is -2.36. The van der Waals surface area contributed by atoms with Gasteiger partial charge in [0.25, 0.3) is 0 Å². The minimum atomic E-state index is -0.504. The molecule has 1 unspecified atom stereocenters. The van der Waals surface area contributed by atoms with E-state index in [4.69, 9.17) is 10.5 Å². The molecule has 102 valence electrons. The summed E-state index contributed by atoms with van der Waals surface area (Å²) >= 11 is 1.66. The second kappa shape index (κ2) is 9.02. The summed E-state index contributed by atoms with van der Waals surface area (Å²) in [6.07, 6.45) is 4.20. The SMILES string of the molecule is COc1ccnc(NC(=O)C(N)CCSC)c1.Cl. The first kappa shape index (κ1) is 17.0. The summed E-state index contributed by atoms with van der Waals surface area (Å²) in [4.78, 5) is 15.7. The van der Waals surface area contributed by atoms with Gasteiger partial charge in [0.2, 0.25) is 5.91 Å². The number of thioether (sulfide) groups is 1. The van der Waals surface area contributed by atoms with Gasteiger partial charge in [0, 0.05) is 12.3 Å². The molecular weight excluding hydrogens is 274 g/mol. The van der Waals surface area contributed by atoms with Gasteiger partial charge in [-0.05, 0) is 24.5 Å². The molecular formula is C11H18ClN3O2S. The van der Waals surface area contributed by atoms with Crippen molar-refractivity contribution in [2.75, 3.05) is 24.4 Å². The molecule has 5 nitrogen and oxygen atoms in total. The van der Waals surface area contributed by atoms with Gasteiger partial charge >= 0.3 is 0 Å². The van der Waals surface area contributed by atoms with E-state index in [-0.39, 0.29) is 18.3 Å². The van der Waals surface area contributed by atoms with E-state index in [9.17, 15) is 4.79 Å². The topological polar surface area (TPSA) is 77.2 Å². The number of aromatic nitrogens is 1. The molecule has 1 aromatic rings. The summed E-state index contributed by atoms with van der Waals surface area (Å²) in [5.41, 5.74) is 5.74. The Morgan fingerprint density at radius 3 is 3.00 bits per heavy atom. The number of nitrogens with two attached hydrogens (primary N) is 1. The zero-order valence-corrected chi connectivity index (χ0v) is 12.0. The van der Waals surface area contributed by atoms with Crippen LogP contribution in [0.3, 0.4) is 0 Å². The Balaban J connectivity index is 0.00000289. The third-order valence-corrected chi connectivity index (χ3v) is 2.83. The van der Waals surface area contributed by atoms with E-state index >= 15 is 0 Å². The lowest BCUT2D eigenvalue weighted by molar-refractivity contribution is -0.117. The van der Waals surface area contributed by atoms with Gasteiger partial charge in [0.05, 0.1) is 13.2 Å². The highest BCUT2D eigenvalue weighted by atomic mass is 35.5. The Morgan fingerprint density at radius 2 is 2.39 bits per heavy atom. The van der Waals surface area contributed by atoms with Crippen molar-refractivity contribution in [2.45, 2.75) is 12.5 Å². The highest BCUT2D eigenvalue weighted by Gasteiger charge is 2.13. The number of carbonyl (C=O) groups excluding carboxylic acids is 1. The molecule has 0 saturated heterocycles. The molecule has 1 heterocycles. The Labute approximate surface area is 117 Å². The van der Waals surface area contributed by atoms with Crippen molar-refractivity contribution in [1.82, 2.24) is 4.98 Å². The van der Waals surface area contributed by atoms with Crippen LogP contribution in [-0.2, 0) is 4.79 Å². The van der Waals surface area contributed by atoms with Crippen molar-refractivity contribution in [1.29, 1.82) is 0 Å². The summed E-state index contributed by atoms with van der Waals surface area (Å²) in [7, 11) is 1.56. The molecule has 0 fully saturated rings. The van der Waals surface area contributed by atoms with Crippen molar-refractivity contribution in [2.24, 2.45) is 5.73 Å². The fourth-order valence-corrected chi connectivity index (χ4v) is 1.69. The zero-order valence-electron chi connectivity index (χ0n) is 10.4. The number of hydrogen-bond acceptors (Lipinski definition) is 5. The Kier molecular flexibility index (Phi) is 8.53. The van der Waals surface area contributed by atoms with Crippen LogP contribution in [-0.4, -0.2) is 36.1 Å². The number of carbonyl (C=O) groups is 1. The number of ether oxygens (including phenoxy) is 1. The second-order valence-corrected chi connectivity index (χ2v) is 4.44. The number of rotatable bonds is 6. The summed E-state index contributed by atoms with van der Waals surface area (Å²) in [6, 6.07) is 2.86. The quantitative estimate of drug-likeness (QED) is 0.831. The number of methoxy groups -OCH3 is 1. The molecule has 0 aromatic carbocycles. The largest absolute Gasteiger partial charge is 0.497 e. The van der Waals surface area contributed by atoms with Crippen LogP contribution in [0.2, 0.25) is 0 Å². The van der Waals surface area contributed by atoms with Gasteiger partial charge in [-0.25, -0.2) is 4.98 Å². The smallest absolute Gasteiger partial charge is 0.242 e. The maximum absolute atomic E-state index is 11.7. The molecule has 0 aliphatic carbocycles. The van der Waals surface area contributed by atoms with Gasteiger partial charge in [-0.1, -0.05) is 0 Å². The normalized spacial score (nSPS) is 11.3. The van der Waals surface area contributed by atoms with Crippen LogP contribution < -0.4 is 15.8 Å². The lowest BCUT2D eigenvalue weighted by Gasteiger charge is -2.11. The minimum Gasteiger partial charge on any atom is -0.497 e. The molecule has 0 bridgehead atoms. The molecule has 0 radical (unpaired) electrons. The number of pyridine rings is 1. The summed E-state index contributed by atoms with van der Waals surface area (Å²) in [5.74, 6) is 1.74. The third-order valence-electron chi connectivity index (χ3n) is 2.19. The first-order valence-electron chi connectivity index (χ1n) is 5.22. The van der Waals surface area contributed by atoms with Gasteiger partial charge in [0.15, 0.2) is 0 Å². The first-order valence-corrected chi connectivity index (χ1v) is 6.62. The Morgan fingerprint density at radius 1 is 1.67 bits per heavy atom. The zero-order chi connectivity index (χ0) is 12.7. The van der Waals surface area contributed by atoms with E-state index in [2.05, 4.69) is 10.3 Å². The first-order chi connectivity index (χ1) is 8.17. The molecule has 1 aromatic heterocycles. The molecule has 0 aliphatic rings. The lowest BCUT2D eigenvalue weighted by atomic mass is 10.2. The average molecular weight is 292 g/mol. The van der Waals surface area contributed by atoms with Crippen LogP contribution >= 0.6 is 24.2 Å². The highest BCUT2D eigenvalue weighted by molar-refractivity contribution is 7.98. The number of nitrogens with one attached hydrogen (secondary N) is 1. The van der Waals surface area contributed by atoms with E-state index in [0.29, 0.717) is 18.0 Å². The molecule has 0 aliphatic heterocycles. The van der Waals surface area contributed by atoms with E-state index in [1.54, 1.807) is 37.2 Å². The van der Waals surface area contributed by atoms with Crippen molar-refractivity contribution in [3.8, 4) is 5.75 Å². The summed E-state index contributed by atoms with van der Waals surface area (Å²) in [6.45, 7) is 0. The van der Waals surface area contributed by atoms with Gasteiger partial charge < -0.3 is 15.8 Å². The van der Waals surface area contributed by atoms with Crippen molar-refractivity contribution < 1.29 is 9.53 Å². The predicted octanol–water partition coefficient (Wildman–Crippen LogP) is 1.53. The van der Waals surface area contributed by atoms with Crippen LogP contribution in [0.5, 0.6) is 5.75 Å². The Bertz CT molecular complexity index is 379. The number of hydrogen-bond donors (Lipinski definition) is 2. The molecule has 0 saturated carbocycles. The maximum Gasteiger partial charge on any atom is 0.242 e. The van der Waals surface area contributed by atoms with E-state index in [0.717, 1.165) is 5.75 Å². The number of anilines is 1. The van der Waals surface area contributed by atoms with Crippen LogP contribution in [0.15, 0.2) is 18.3 Å². The number of amides is 1. The standard InChI is InChI=1S/C11H17N3O2S.ClH/c1-16-8-3-5-13-10(7-8)14-11(15)9(12)4-6-17-2;/h3,5,7,9H,4,6,12H2,1-2H3,(H,13,14,15);1H. The summed E-state index contributed by atoms with van der Waals surface area (Å²) in [5, 5.41) is 2.66. The van der Waals surface area contributed by atoms with Crippen LogP contribution in [0, 0.1) is 0 Å². The molecule has 7 heteroatoms. The third kappa shape index (κ3) is 5.57. The van der Waals surface area contributed by atoms with Gasteiger partial charge in [-0.2, -0.15) is 11.8 Å². The monoisotopic (exact) mass is 291 g/mol. The fraction of sp³-hybridized carbons (Fsp3) is 0.455. The van der Waals surface area contributed by atoms with Crippen LogP contribution in [0.4, 0.5) is 5.82 Å². The Hall–Kier alpha value is -0.980. The van der Waals surface area contributed by atoms with Gasteiger partial charge in [0.1, 0.15) is 11.6 Å². The van der Waals surface area contributed by atoms with E-state index < -0.39 is 6.04 Å². The summed E-state index contributed by atoms with van der Waals surface area (Å²) < 4.78 is 5.04. The van der Waals surface area contributed by atoms with Crippen LogP contribution in [0.25, 0.3) is 0 Å². The minimum absolute atomic E-state index is 0. The maximum atomic E-state index is 11.7. The molecule has 1 atom stereocenters. The van der Waals surface area contributed by atoms with Crippen molar-refractivity contribution in [3.63, 3.8) is 0 Å². The van der Waals surface area contributed by atoms with Crippen molar-refractivity contribution >= 4 is 35.9 Å². The van der Waals surface area contributed by atoms with Gasteiger partial charge in [-0.3, -0.25) is 4.79 Å². The fourth-order valence-electron chi connectivity index (χ4n) is 1.20. The van der Waals surface area contributed by atoms with Crippen LogP contribution in [0.1, 0.15) is 6.42 Å². The molecule has 0 spiro atoms. The molecule has 1 rings (SSSR count). The molecule has 1 amide bonds. The highest BCUT2D eigenvalue weighted by Crippen LogP contribution is 2.13. The molecule has 3 N–H and O–H groups in total. The number of halogens is 1. The van der Waals surface area contributed by atoms with E-state index in [1.165, 1.54) is 0 Å². The van der Waals surface area contributed by atoms with E-state index in [1.807, 2.05) is 6.26 Å². The van der Waals surface area contributed by atoms with Crippen molar-refractivity contribution in [3.05, 3.63) is 18.3 Å². The molecule has 18 heavy (non-hydrogen) atoms. The average Bonchev–Trinajstić information content (AvgIpc) is 2.36.